The van der Waals surface area contributed by atoms with Crippen molar-refractivity contribution in [2.45, 2.75) is 11.3 Å². The second-order valence-electron chi connectivity index (χ2n) is 4.61. The first-order valence-corrected chi connectivity index (χ1v) is 7.77. The fraction of sp³-hybridized carbons (Fsp3) is 0.357. The summed E-state index contributed by atoms with van der Waals surface area (Å²) in [6.07, 6.45) is 0.00311. The third kappa shape index (κ3) is 4.92. The molecular weight excluding hydrogens is 330 g/mol. The van der Waals surface area contributed by atoms with Crippen LogP contribution in [0.2, 0.25) is 0 Å². The molecule has 0 bridgehead atoms. The van der Waals surface area contributed by atoms with Crippen molar-refractivity contribution >= 4 is 29.7 Å². The predicted molar refractivity (Wildman–Crippen MR) is 77.8 cm³/mol. The van der Waals surface area contributed by atoms with E-state index in [1.807, 2.05) is 0 Å². The lowest BCUT2D eigenvalue weighted by molar-refractivity contribution is -0.150. The first kappa shape index (κ1) is 17.2. The van der Waals surface area contributed by atoms with Gasteiger partial charge in [-0.3, -0.25) is 14.5 Å². The Labute approximate surface area is 135 Å². The average Bonchev–Trinajstić information content (AvgIpc) is 2.94. The minimum atomic E-state index is -0.952. The molecule has 1 N–H and O–H groups in total. The highest BCUT2D eigenvalue weighted by Crippen LogP contribution is 2.21. The summed E-state index contributed by atoms with van der Waals surface area (Å²) < 4.78 is 30.5. The van der Waals surface area contributed by atoms with Crippen molar-refractivity contribution in [3.05, 3.63) is 29.8 Å². The number of amides is 3. The number of nitrogens with zero attached hydrogens (tertiary/aromatic N) is 1. The van der Waals surface area contributed by atoms with Crippen LogP contribution < -0.4 is 5.32 Å². The molecule has 0 radical (unpaired) electrons. The van der Waals surface area contributed by atoms with Gasteiger partial charge in [0.1, 0.15) is 0 Å². The molecule has 124 valence electrons. The van der Waals surface area contributed by atoms with Crippen LogP contribution in [-0.2, 0) is 14.3 Å². The molecule has 3 amide bonds. The third-order valence-electron chi connectivity index (χ3n) is 2.98. The van der Waals surface area contributed by atoms with Gasteiger partial charge in [0.05, 0.1) is 6.42 Å². The standard InChI is InChI=1S/C14H14F2N2O4S/c15-10-2-1-9(7-11(10)16)23-6-3-13(20)22-8-12(19)18-5-4-17-14(18)21/h1-2,7H,3-6,8H2,(H,17,21). The number of urea groups is 1. The Bertz CT molecular complexity index is 627. The van der Waals surface area contributed by atoms with E-state index < -0.39 is 36.1 Å². The fourth-order valence-electron chi connectivity index (χ4n) is 1.82. The van der Waals surface area contributed by atoms with Gasteiger partial charge in [-0.1, -0.05) is 0 Å². The molecule has 1 heterocycles. The van der Waals surface area contributed by atoms with Crippen molar-refractivity contribution in [3.63, 3.8) is 0 Å². The van der Waals surface area contributed by atoms with Crippen LogP contribution in [0.3, 0.4) is 0 Å². The Balaban J connectivity index is 1.67. The van der Waals surface area contributed by atoms with Gasteiger partial charge < -0.3 is 10.1 Å². The second-order valence-corrected chi connectivity index (χ2v) is 5.78. The zero-order chi connectivity index (χ0) is 16.8. The van der Waals surface area contributed by atoms with Crippen LogP contribution in [0.15, 0.2) is 23.1 Å². The van der Waals surface area contributed by atoms with Crippen LogP contribution in [0.5, 0.6) is 0 Å². The van der Waals surface area contributed by atoms with Gasteiger partial charge in [0, 0.05) is 23.7 Å². The zero-order valence-corrected chi connectivity index (χ0v) is 12.8. The highest BCUT2D eigenvalue weighted by atomic mass is 32.2. The van der Waals surface area contributed by atoms with Gasteiger partial charge in [-0.15, -0.1) is 11.8 Å². The summed E-state index contributed by atoms with van der Waals surface area (Å²) in [6, 6.07) is 2.96. The molecule has 0 aliphatic carbocycles. The van der Waals surface area contributed by atoms with Crippen LogP contribution in [0.4, 0.5) is 13.6 Å². The molecule has 1 aliphatic rings. The summed E-state index contributed by atoms with van der Waals surface area (Å²) in [7, 11) is 0. The Hall–Kier alpha value is -2.16. The van der Waals surface area contributed by atoms with Crippen molar-refractivity contribution in [1.82, 2.24) is 10.2 Å². The highest BCUT2D eigenvalue weighted by Gasteiger charge is 2.26. The van der Waals surface area contributed by atoms with Crippen LogP contribution >= 0.6 is 11.8 Å². The first-order valence-electron chi connectivity index (χ1n) is 6.79. The third-order valence-corrected chi connectivity index (χ3v) is 3.98. The van der Waals surface area contributed by atoms with E-state index in [0.29, 0.717) is 17.2 Å². The lowest BCUT2D eigenvalue weighted by Gasteiger charge is -2.12. The topological polar surface area (TPSA) is 75.7 Å². The number of imide groups is 1. The normalized spacial score (nSPS) is 13.8. The van der Waals surface area contributed by atoms with E-state index in [1.165, 1.54) is 6.07 Å². The van der Waals surface area contributed by atoms with Gasteiger partial charge in [-0.25, -0.2) is 13.6 Å². The number of carbonyl (C=O) groups is 3. The maximum absolute atomic E-state index is 13.0. The molecule has 6 nitrogen and oxygen atoms in total. The van der Waals surface area contributed by atoms with Crippen molar-refractivity contribution in [2.75, 3.05) is 25.4 Å². The number of esters is 1. The number of hydrogen-bond acceptors (Lipinski definition) is 5. The van der Waals surface area contributed by atoms with Crippen molar-refractivity contribution < 1.29 is 27.9 Å². The molecule has 1 aromatic carbocycles. The first-order chi connectivity index (χ1) is 11.0. The van der Waals surface area contributed by atoms with Gasteiger partial charge in [-0.05, 0) is 18.2 Å². The minimum Gasteiger partial charge on any atom is -0.456 e. The van der Waals surface area contributed by atoms with E-state index in [9.17, 15) is 23.2 Å². The van der Waals surface area contributed by atoms with Gasteiger partial charge in [0.15, 0.2) is 18.2 Å². The van der Waals surface area contributed by atoms with Crippen LogP contribution in [0, 0.1) is 11.6 Å². The number of hydrogen-bond donors (Lipinski definition) is 1. The number of carbonyl (C=O) groups excluding carboxylic acids is 3. The van der Waals surface area contributed by atoms with Crippen LogP contribution in [0.1, 0.15) is 6.42 Å². The summed E-state index contributed by atoms with van der Waals surface area (Å²) in [6.45, 7) is 0.132. The molecule has 0 saturated carbocycles. The number of ether oxygens (including phenoxy) is 1. The summed E-state index contributed by atoms with van der Waals surface area (Å²) in [5.74, 6) is -2.78. The lowest BCUT2D eigenvalue weighted by atomic mass is 10.3. The van der Waals surface area contributed by atoms with Crippen molar-refractivity contribution in [3.8, 4) is 0 Å². The minimum absolute atomic E-state index is 0.00311. The Morgan fingerprint density at radius 2 is 2.09 bits per heavy atom. The Morgan fingerprint density at radius 3 is 2.74 bits per heavy atom. The van der Waals surface area contributed by atoms with Gasteiger partial charge in [0.25, 0.3) is 5.91 Å². The summed E-state index contributed by atoms with van der Waals surface area (Å²) in [4.78, 5) is 35.8. The Kier molecular flexibility index (Phi) is 5.91. The van der Waals surface area contributed by atoms with Gasteiger partial charge in [-0.2, -0.15) is 0 Å². The molecule has 1 aliphatic heterocycles. The molecule has 0 atom stereocenters. The summed E-state index contributed by atoms with van der Waals surface area (Å²) in [5.41, 5.74) is 0. The highest BCUT2D eigenvalue weighted by molar-refractivity contribution is 7.99. The maximum atomic E-state index is 13.0. The lowest BCUT2D eigenvalue weighted by Crippen LogP contribution is -2.37. The van der Waals surface area contributed by atoms with E-state index in [0.717, 1.165) is 28.8 Å². The number of benzene rings is 1. The Morgan fingerprint density at radius 1 is 1.30 bits per heavy atom. The predicted octanol–water partition coefficient (Wildman–Crippen LogP) is 1.54. The fourth-order valence-corrected chi connectivity index (χ4v) is 2.68. The quantitative estimate of drug-likeness (QED) is 0.626. The van der Waals surface area contributed by atoms with Crippen molar-refractivity contribution in [2.24, 2.45) is 0 Å². The van der Waals surface area contributed by atoms with E-state index >= 15 is 0 Å². The van der Waals surface area contributed by atoms with E-state index in [1.54, 1.807) is 0 Å². The van der Waals surface area contributed by atoms with E-state index in [-0.39, 0.29) is 13.0 Å². The van der Waals surface area contributed by atoms with E-state index in [4.69, 9.17) is 4.74 Å². The maximum Gasteiger partial charge on any atom is 0.324 e. The smallest absolute Gasteiger partial charge is 0.324 e. The monoisotopic (exact) mass is 344 g/mol. The van der Waals surface area contributed by atoms with Gasteiger partial charge >= 0.3 is 12.0 Å². The zero-order valence-electron chi connectivity index (χ0n) is 12.0. The van der Waals surface area contributed by atoms with Crippen LogP contribution in [0.25, 0.3) is 0 Å². The number of nitrogens with one attached hydrogen (secondary N) is 1. The molecule has 2 rings (SSSR count). The van der Waals surface area contributed by atoms with E-state index in [2.05, 4.69) is 5.32 Å². The second kappa shape index (κ2) is 7.91. The molecular formula is C14H14F2N2O4S. The molecule has 1 aromatic rings. The molecule has 23 heavy (non-hydrogen) atoms. The largest absolute Gasteiger partial charge is 0.456 e. The molecule has 9 heteroatoms. The summed E-state index contributed by atoms with van der Waals surface area (Å²) in [5, 5.41) is 2.46. The number of halogens is 2. The average molecular weight is 344 g/mol. The molecule has 1 fully saturated rings. The number of thioether (sulfide) groups is 1. The van der Waals surface area contributed by atoms with Gasteiger partial charge in [0.2, 0.25) is 0 Å². The van der Waals surface area contributed by atoms with Crippen LogP contribution in [-0.4, -0.2) is 48.3 Å². The molecule has 1 saturated heterocycles. The summed E-state index contributed by atoms with van der Waals surface area (Å²) >= 11 is 1.16. The number of rotatable bonds is 6. The molecule has 0 spiro atoms. The molecule has 0 aromatic heterocycles. The van der Waals surface area contributed by atoms with Crippen molar-refractivity contribution in [1.29, 1.82) is 0 Å². The SMILES string of the molecule is O=C(CCSc1ccc(F)c(F)c1)OCC(=O)N1CCNC1=O. The molecule has 0 unspecified atom stereocenters.